The molecule has 0 saturated heterocycles. The minimum Gasteiger partial charge on any atom is -0.329 e. The maximum atomic E-state index is 5.34. The quantitative estimate of drug-likeness (QED) is 0.805. The van der Waals surface area contributed by atoms with Crippen molar-refractivity contribution in [1.29, 1.82) is 0 Å². The van der Waals surface area contributed by atoms with Gasteiger partial charge < -0.3 is 9.55 Å². The van der Waals surface area contributed by atoms with Gasteiger partial charge in [0.05, 0.1) is 17.2 Å². The highest BCUT2D eigenvalue weighted by molar-refractivity contribution is 7.71. The monoisotopic (exact) mass is 221 g/mol. The average molecular weight is 221 g/mol. The largest absolute Gasteiger partial charge is 0.329 e. The Morgan fingerprint density at radius 3 is 2.87 bits per heavy atom. The highest BCUT2D eigenvalue weighted by Crippen LogP contribution is 2.22. The number of nitrogens with zero attached hydrogens (tertiary/aromatic N) is 2. The summed E-state index contributed by atoms with van der Waals surface area (Å²) in [5, 5.41) is 0. The number of nitrogens with one attached hydrogen (secondary N) is 1. The molecule has 80 valence electrons. The van der Waals surface area contributed by atoms with Crippen molar-refractivity contribution in [2.24, 2.45) is 0 Å². The van der Waals surface area contributed by atoms with Crippen LogP contribution in [-0.4, -0.2) is 14.5 Å². The third kappa shape index (κ3) is 1.69. The van der Waals surface area contributed by atoms with E-state index in [1.165, 1.54) is 0 Å². The number of aromatic nitrogens is 3. The Hall–Kier alpha value is -1.16. The molecule has 0 unspecified atom stereocenters. The first-order valence-corrected chi connectivity index (χ1v) is 5.73. The van der Waals surface area contributed by atoms with E-state index in [4.69, 9.17) is 12.2 Å². The van der Waals surface area contributed by atoms with Crippen molar-refractivity contribution in [2.75, 3.05) is 0 Å². The number of fused-ring (bicyclic) bond motifs is 1. The molecule has 15 heavy (non-hydrogen) atoms. The fraction of sp³-hybridized carbons (Fsp3) is 0.455. The summed E-state index contributed by atoms with van der Waals surface area (Å²) in [6.07, 6.45) is 5.83. The summed E-state index contributed by atoms with van der Waals surface area (Å²) in [4.78, 5) is 7.28. The first kappa shape index (κ1) is 10.4. The first-order chi connectivity index (χ1) is 7.27. The van der Waals surface area contributed by atoms with Crippen LogP contribution in [0.4, 0.5) is 0 Å². The number of rotatable bonds is 3. The molecule has 1 N–H and O–H groups in total. The lowest BCUT2D eigenvalue weighted by molar-refractivity contribution is 0.478. The zero-order valence-corrected chi connectivity index (χ0v) is 9.84. The molecule has 0 saturated carbocycles. The predicted molar refractivity (Wildman–Crippen MR) is 64.5 cm³/mol. The molecule has 2 aromatic rings. The Labute approximate surface area is 94.2 Å². The molecule has 0 spiro atoms. The maximum Gasteiger partial charge on any atom is 0.178 e. The van der Waals surface area contributed by atoms with Gasteiger partial charge in [-0.3, -0.25) is 4.98 Å². The van der Waals surface area contributed by atoms with Crippen LogP contribution in [0, 0.1) is 4.77 Å². The summed E-state index contributed by atoms with van der Waals surface area (Å²) in [5.74, 6) is 0. The second-order valence-electron chi connectivity index (χ2n) is 3.66. The van der Waals surface area contributed by atoms with Crippen LogP contribution in [0.3, 0.4) is 0 Å². The van der Waals surface area contributed by atoms with Crippen LogP contribution >= 0.6 is 12.2 Å². The van der Waals surface area contributed by atoms with Gasteiger partial charge in [0.2, 0.25) is 0 Å². The zero-order valence-electron chi connectivity index (χ0n) is 9.03. The van der Waals surface area contributed by atoms with Crippen LogP contribution in [0.5, 0.6) is 0 Å². The van der Waals surface area contributed by atoms with Crippen molar-refractivity contribution in [3.63, 3.8) is 0 Å². The lowest BCUT2D eigenvalue weighted by Gasteiger charge is -2.15. The molecule has 3 nitrogen and oxygen atoms in total. The molecule has 0 bridgehead atoms. The van der Waals surface area contributed by atoms with E-state index in [2.05, 4.69) is 28.4 Å². The molecule has 2 aromatic heterocycles. The molecule has 0 fully saturated rings. The number of H-pyrrole nitrogens is 1. The highest BCUT2D eigenvalue weighted by Gasteiger charge is 2.11. The molecule has 0 aliphatic heterocycles. The Morgan fingerprint density at radius 2 is 2.20 bits per heavy atom. The molecular formula is C11H15N3S. The molecule has 2 rings (SSSR count). The smallest absolute Gasteiger partial charge is 0.178 e. The third-order valence-corrected chi connectivity index (χ3v) is 3.12. The predicted octanol–water partition coefficient (Wildman–Crippen LogP) is 3.45. The number of hydrogen-bond acceptors (Lipinski definition) is 2. The number of hydrogen-bond donors (Lipinski definition) is 1. The van der Waals surface area contributed by atoms with Crippen LogP contribution < -0.4 is 0 Å². The van der Waals surface area contributed by atoms with Crippen molar-refractivity contribution in [2.45, 2.75) is 32.7 Å². The van der Waals surface area contributed by atoms with Gasteiger partial charge in [-0.25, -0.2) is 0 Å². The normalized spacial score (nSPS) is 11.4. The summed E-state index contributed by atoms with van der Waals surface area (Å²) in [5.41, 5.74) is 2.18. The summed E-state index contributed by atoms with van der Waals surface area (Å²) in [6, 6.07) is 2.49. The third-order valence-electron chi connectivity index (χ3n) is 2.83. The summed E-state index contributed by atoms with van der Waals surface area (Å²) in [7, 11) is 0. The van der Waals surface area contributed by atoms with Crippen molar-refractivity contribution in [3.05, 3.63) is 23.2 Å². The van der Waals surface area contributed by atoms with Gasteiger partial charge in [-0.05, 0) is 31.1 Å². The standard InChI is InChI=1S/C11H15N3S/c1-3-8(4-2)14-10-5-6-12-7-9(10)13-11(14)15/h5-8H,3-4H2,1-2H3,(H,13,15). The van der Waals surface area contributed by atoms with E-state index in [1.54, 1.807) is 0 Å². The zero-order chi connectivity index (χ0) is 10.8. The van der Waals surface area contributed by atoms with Crippen LogP contribution in [0.15, 0.2) is 18.5 Å². The van der Waals surface area contributed by atoms with Gasteiger partial charge in [-0.2, -0.15) is 0 Å². The Morgan fingerprint density at radius 1 is 1.47 bits per heavy atom. The average Bonchev–Trinajstić information content (AvgIpc) is 2.58. The van der Waals surface area contributed by atoms with E-state index < -0.39 is 0 Å². The van der Waals surface area contributed by atoms with Gasteiger partial charge in [0.25, 0.3) is 0 Å². The lowest BCUT2D eigenvalue weighted by Crippen LogP contribution is -2.06. The second kappa shape index (κ2) is 4.14. The van der Waals surface area contributed by atoms with Gasteiger partial charge in [-0.15, -0.1) is 0 Å². The van der Waals surface area contributed by atoms with Crippen molar-refractivity contribution in [3.8, 4) is 0 Å². The Kier molecular flexibility index (Phi) is 2.86. The summed E-state index contributed by atoms with van der Waals surface area (Å²) >= 11 is 5.34. The number of aromatic amines is 1. The van der Waals surface area contributed by atoms with Gasteiger partial charge in [0.1, 0.15) is 0 Å². The highest BCUT2D eigenvalue weighted by atomic mass is 32.1. The second-order valence-corrected chi connectivity index (χ2v) is 4.05. The Balaban J connectivity index is 2.68. The van der Waals surface area contributed by atoms with Crippen LogP contribution in [0.25, 0.3) is 11.0 Å². The molecule has 2 heterocycles. The van der Waals surface area contributed by atoms with Crippen LogP contribution in [0.2, 0.25) is 0 Å². The van der Waals surface area contributed by atoms with Gasteiger partial charge >= 0.3 is 0 Å². The van der Waals surface area contributed by atoms with Crippen molar-refractivity contribution in [1.82, 2.24) is 14.5 Å². The maximum absolute atomic E-state index is 5.34. The summed E-state index contributed by atoms with van der Waals surface area (Å²) in [6.45, 7) is 4.38. The minimum absolute atomic E-state index is 0.480. The molecule has 0 amide bonds. The van der Waals surface area contributed by atoms with E-state index in [0.29, 0.717) is 6.04 Å². The fourth-order valence-electron chi connectivity index (χ4n) is 1.99. The molecule has 4 heteroatoms. The van der Waals surface area contributed by atoms with Gasteiger partial charge in [0, 0.05) is 12.2 Å². The number of pyridine rings is 1. The molecular weight excluding hydrogens is 206 g/mol. The molecule has 0 aliphatic carbocycles. The summed E-state index contributed by atoms with van der Waals surface area (Å²) < 4.78 is 3.00. The molecule has 0 aromatic carbocycles. The van der Waals surface area contributed by atoms with Crippen molar-refractivity contribution >= 4 is 23.3 Å². The Bertz CT molecular complexity index is 508. The fourth-order valence-corrected chi connectivity index (χ4v) is 2.35. The van der Waals surface area contributed by atoms with E-state index in [1.807, 2.05) is 18.5 Å². The van der Waals surface area contributed by atoms with Gasteiger partial charge in [-0.1, -0.05) is 13.8 Å². The van der Waals surface area contributed by atoms with Crippen molar-refractivity contribution < 1.29 is 0 Å². The number of imidazole rings is 1. The SMILES string of the molecule is CCC(CC)n1c(=S)[nH]c2cnccc21. The van der Waals surface area contributed by atoms with E-state index in [9.17, 15) is 0 Å². The van der Waals surface area contributed by atoms with Crippen LogP contribution in [-0.2, 0) is 0 Å². The van der Waals surface area contributed by atoms with E-state index in [-0.39, 0.29) is 0 Å². The topological polar surface area (TPSA) is 33.6 Å². The van der Waals surface area contributed by atoms with E-state index >= 15 is 0 Å². The van der Waals surface area contributed by atoms with Gasteiger partial charge in [0.15, 0.2) is 4.77 Å². The van der Waals surface area contributed by atoms with Crippen LogP contribution in [0.1, 0.15) is 32.7 Å². The minimum atomic E-state index is 0.480. The first-order valence-electron chi connectivity index (χ1n) is 5.32. The lowest BCUT2D eigenvalue weighted by atomic mass is 10.1. The molecule has 0 atom stereocenters. The molecule has 0 radical (unpaired) electrons. The molecule has 0 aliphatic rings. The van der Waals surface area contributed by atoms with E-state index in [0.717, 1.165) is 28.6 Å².